The maximum absolute atomic E-state index is 6.99. The third-order valence-electron chi connectivity index (χ3n) is 10.9. The predicted molar refractivity (Wildman–Crippen MR) is 235 cm³/mol. The Bertz CT molecular complexity index is 3200. The van der Waals surface area contributed by atoms with E-state index in [1.807, 2.05) is 11.3 Å². The van der Waals surface area contributed by atoms with Crippen LogP contribution in [0.25, 0.3) is 86.3 Å². The summed E-state index contributed by atoms with van der Waals surface area (Å²) < 4.78 is 9.60. The molecule has 0 saturated heterocycles. The number of para-hydroxylation sites is 2. The minimum absolute atomic E-state index is 0.858. The highest BCUT2D eigenvalue weighted by Gasteiger charge is 2.21. The van der Waals surface area contributed by atoms with Crippen LogP contribution in [0.1, 0.15) is 0 Å². The van der Waals surface area contributed by atoms with Gasteiger partial charge in [-0.2, -0.15) is 0 Å². The Morgan fingerprint density at radius 3 is 1.84 bits per heavy atom. The molecule has 2 nitrogen and oxygen atoms in total. The van der Waals surface area contributed by atoms with Gasteiger partial charge in [-0.1, -0.05) is 158 Å². The number of hydrogen-bond donors (Lipinski definition) is 0. The molecule has 0 unspecified atom stereocenters. The summed E-state index contributed by atoms with van der Waals surface area (Å²) in [5.41, 5.74) is 11.8. The number of rotatable bonds is 6. The topological polar surface area (TPSA) is 16.4 Å². The third-order valence-corrected chi connectivity index (χ3v) is 12.0. The predicted octanol–water partition coefficient (Wildman–Crippen LogP) is 15.6. The smallest absolute Gasteiger partial charge is 0.159 e. The highest BCUT2D eigenvalue weighted by atomic mass is 32.1. The molecule has 0 N–H and O–H groups in total. The molecule has 2 heterocycles. The summed E-state index contributed by atoms with van der Waals surface area (Å²) in [6, 6.07) is 72.0. The van der Waals surface area contributed by atoms with E-state index in [0.29, 0.717) is 0 Å². The first-order valence-corrected chi connectivity index (χ1v) is 19.5. The van der Waals surface area contributed by atoms with Gasteiger partial charge in [-0.15, -0.1) is 11.3 Å². The van der Waals surface area contributed by atoms with Crippen LogP contribution in [0.3, 0.4) is 0 Å². The average Bonchev–Trinajstić information content (AvgIpc) is 3.83. The van der Waals surface area contributed by atoms with Gasteiger partial charge in [0.15, 0.2) is 5.58 Å². The van der Waals surface area contributed by atoms with E-state index in [9.17, 15) is 0 Å². The number of nitrogens with zero attached hydrogens (tertiary/aromatic N) is 1. The fraction of sp³-hybridized carbons (Fsp3) is 0. The number of benzene rings is 9. The van der Waals surface area contributed by atoms with Crippen molar-refractivity contribution in [2.75, 3.05) is 4.90 Å². The molecule has 0 aliphatic rings. The molecule has 2 aromatic heterocycles. The number of hydrogen-bond acceptors (Lipinski definition) is 3. The third kappa shape index (κ3) is 5.32. The summed E-state index contributed by atoms with van der Waals surface area (Å²) >= 11 is 1.85. The van der Waals surface area contributed by atoms with Crippen LogP contribution in [0, 0.1) is 0 Å². The average molecular weight is 720 g/mol. The number of furan rings is 1. The molecule has 0 saturated carbocycles. The SMILES string of the molecule is c1ccc(-c2cccc3c2oc2c(N(c4ccc(-c5cccc6ccccc56)cc4)c4cccc(-c5ccc6c(c5)sc5ccccc56)c4)cccc23)cc1. The lowest BCUT2D eigenvalue weighted by atomic mass is 9.98. The summed E-state index contributed by atoms with van der Waals surface area (Å²) in [6.07, 6.45) is 0. The highest BCUT2D eigenvalue weighted by Crippen LogP contribution is 2.45. The van der Waals surface area contributed by atoms with Crippen molar-refractivity contribution in [3.05, 3.63) is 200 Å². The van der Waals surface area contributed by atoms with Crippen LogP contribution in [-0.2, 0) is 0 Å². The van der Waals surface area contributed by atoms with Gasteiger partial charge in [-0.05, 0) is 81.1 Å². The number of thiophene rings is 1. The Kier molecular flexibility index (Phi) is 7.39. The molecule has 3 heteroatoms. The molecule has 0 atom stereocenters. The van der Waals surface area contributed by atoms with Gasteiger partial charge in [0, 0.05) is 47.9 Å². The van der Waals surface area contributed by atoms with Crippen LogP contribution in [0.4, 0.5) is 17.1 Å². The van der Waals surface area contributed by atoms with Crippen molar-refractivity contribution in [2.24, 2.45) is 0 Å². The van der Waals surface area contributed by atoms with Gasteiger partial charge in [0.05, 0.1) is 5.69 Å². The molecule has 0 aliphatic heterocycles. The Balaban J connectivity index is 1.09. The van der Waals surface area contributed by atoms with E-state index in [0.717, 1.165) is 55.7 Å². The fourth-order valence-electron chi connectivity index (χ4n) is 8.25. The van der Waals surface area contributed by atoms with Crippen molar-refractivity contribution in [1.29, 1.82) is 0 Å². The molecule has 0 amide bonds. The monoisotopic (exact) mass is 719 g/mol. The molecule has 0 fully saturated rings. The zero-order chi connectivity index (χ0) is 36.3. The first-order chi connectivity index (χ1) is 27.3. The number of fused-ring (bicyclic) bond motifs is 7. The maximum Gasteiger partial charge on any atom is 0.159 e. The van der Waals surface area contributed by atoms with Gasteiger partial charge in [0.25, 0.3) is 0 Å². The highest BCUT2D eigenvalue weighted by molar-refractivity contribution is 7.25. The minimum Gasteiger partial charge on any atom is -0.453 e. The lowest BCUT2D eigenvalue weighted by molar-refractivity contribution is 0.670. The Labute approximate surface area is 322 Å². The van der Waals surface area contributed by atoms with E-state index in [1.165, 1.54) is 47.6 Å². The van der Waals surface area contributed by atoms with Crippen molar-refractivity contribution in [1.82, 2.24) is 0 Å². The molecule has 55 heavy (non-hydrogen) atoms. The van der Waals surface area contributed by atoms with Crippen LogP contribution in [0.5, 0.6) is 0 Å². The van der Waals surface area contributed by atoms with Crippen LogP contribution >= 0.6 is 11.3 Å². The molecule has 0 radical (unpaired) electrons. The van der Waals surface area contributed by atoms with Crippen molar-refractivity contribution in [3.63, 3.8) is 0 Å². The fourth-order valence-corrected chi connectivity index (χ4v) is 9.40. The standard InChI is InChI=1S/C52H33NOS/c1-2-12-35(13-3-1)43-21-10-22-46-47-23-11-24-48(52(47)54-51(43)46)53(39-29-26-36(27-30-39)42-20-9-15-34-14-4-5-18-41(34)42)40-17-8-16-37(32-40)38-28-31-45-44-19-6-7-25-49(44)55-50(45)33-38/h1-33H. The minimum atomic E-state index is 0.858. The molecule has 11 aromatic rings. The van der Waals surface area contributed by atoms with E-state index in [2.05, 4.69) is 205 Å². The zero-order valence-corrected chi connectivity index (χ0v) is 30.6. The normalized spacial score (nSPS) is 11.6. The first kappa shape index (κ1) is 31.6. The van der Waals surface area contributed by atoms with E-state index in [1.54, 1.807) is 0 Å². The largest absolute Gasteiger partial charge is 0.453 e. The molecular weight excluding hydrogens is 687 g/mol. The molecule has 0 aliphatic carbocycles. The van der Waals surface area contributed by atoms with Crippen LogP contribution < -0.4 is 4.90 Å². The summed E-state index contributed by atoms with van der Waals surface area (Å²) in [5.74, 6) is 0. The second-order valence-corrected chi connectivity index (χ2v) is 15.2. The zero-order valence-electron chi connectivity index (χ0n) is 29.8. The number of anilines is 3. The molecule has 258 valence electrons. The summed E-state index contributed by atoms with van der Waals surface area (Å²) in [5, 5.41) is 7.31. The molecule has 0 spiro atoms. The summed E-state index contributed by atoms with van der Waals surface area (Å²) in [6.45, 7) is 0. The van der Waals surface area contributed by atoms with Crippen molar-refractivity contribution in [3.8, 4) is 33.4 Å². The Morgan fingerprint density at radius 1 is 0.345 bits per heavy atom. The summed E-state index contributed by atoms with van der Waals surface area (Å²) in [4.78, 5) is 2.35. The molecular formula is C52H33NOS. The Morgan fingerprint density at radius 2 is 0.945 bits per heavy atom. The second kappa shape index (κ2) is 12.9. The van der Waals surface area contributed by atoms with Crippen LogP contribution in [-0.4, -0.2) is 0 Å². The first-order valence-electron chi connectivity index (χ1n) is 18.7. The lowest BCUT2D eigenvalue weighted by Gasteiger charge is -2.26. The quantitative estimate of drug-likeness (QED) is 0.170. The van der Waals surface area contributed by atoms with E-state index in [-0.39, 0.29) is 0 Å². The van der Waals surface area contributed by atoms with Gasteiger partial charge in [0.2, 0.25) is 0 Å². The maximum atomic E-state index is 6.99. The van der Waals surface area contributed by atoms with Gasteiger partial charge >= 0.3 is 0 Å². The summed E-state index contributed by atoms with van der Waals surface area (Å²) in [7, 11) is 0. The van der Waals surface area contributed by atoms with Crippen molar-refractivity contribution >= 4 is 81.3 Å². The van der Waals surface area contributed by atoms with Gasteiger partial charge in [0.1, 0.15) is 5.58 Å². The van der Waals surface area contributed by atoms with Gasteiger partial charge in [-0.25, -0.2) is 0 Å². The lowest BCUT2D eigenvalue weighted by Crippen LogP contribution is -2.10. The Hall–Kier alpha value is -6.94. The molecule has 11 rings (SSSR count). The van der Waals surface area contributed by atoms with Crippen LogP contribution in [0.2, 0.25) is 0 Å². The van der Waals surface area contributed by atoms with E-state index in [4.69, 9.17) is 4.42 Å². The van der Waals surface area contributed by atoms with E-state index >= 15 is 0 Å². The van der Waals surface area contributed by atoms with Gasteiger partial charge < -0.3 is 9.32 Å². The van der Waals surface area contributed by atoms with Crippen LogP contribution in [0.15, 0.2) is 205 Å². The molecule has 9 aromatic carbocycles. The van der Waals surface area contributed by atoms with E-state index < -0.39 is 0 Å². The second-order valence-electron chi connectivity index (χ2n) is 14.1. The molecule has 0 bridgehead atoms. The van der Waals surface area contributed by atoms with Crippen molar-refractivity contribution in [2.45, 2.75) is 0 Å². The van der Waals surface area contributed by atoms with Gasteiger partial charge in [-0.3, -0.25) is 0 Å². The van der Waals surface area contributed by atoms with Crippen molar-refractivity contribution < 1.29 is 4.42 Å².